The van der Waals surface area contributed by atoms with E-state index in [9.17, 15) is 14.4 Å². The summed E-state index contributed by atoms with van der Waals surface area (Å²) in [6.07, 6.45) is 1.01. The summed E-state index contributed by atoms with van der Waals surface area (Å²) in [4.78, 5) is 41.7. The third-order valence-electron chi connectivity index (χ3n) is 5.56. The summed E-state index contributed by atoms with van der Waals surface area (Å²) < 4.78 is 3.79. The number of aromatic nitrogens is 2. The van der Waals surface area contributed by atoms with E-state index >= 15 is 0 Å². The molecule has 1 aromatic heterocycles. The van der Waals surface area contributed by atoms with Gasteiger partial charge in [0.15, 0.2) is 0 Å². The first-order valence-corrected chi connectivity index (χ1v) is 10.5. The Hall–Kier alpha value is -2.81. The molecule has 4 amide bonds. The first kappa shape index (κ1) is 19.5. The highest BCUT2D eigenvalue weighted by molar-refractivity contribution is 7.08. The molecule has 0 unspecified atom stereocenters. The second-order valence-electron chi connectivity index (χ2n) is 7.79. The van der Waals surface area contributed by atoms with Crippen LogP contribution in [0, 0.1) is 6.92 Å². The van der Waals surface area contributed by atoms with Gasteiger partial charge in [-0.1, -0.05) is 30.5 Å². The van der Waals surface area contributed by atoms with Gasteiger partial charge in [-0.3, -0.25) is 9.59 Å². The molecule has 1 aromatic carbocycles. The second-order valence-corrected chi connectivity index (χ2v) is 8.55. The smallest absolute Gasteiger partial charge is 0.332 e. The van der Waals surface area contributed by atoms with Gasteiger partial charge >= 0.3 is 6.03 Å². The van der Waals surface area contributed by atoms with Crippen LogP contribution in [-0.2, 0) is 4.79 Å². The number of anilines is 1. The Balaban J connectivity index is 1.48. The number of benzene rings is 1. The van der Waals surface area contributed by atoms with E-state index in [2.05, 4.69) is 28.8 Å². The number of amides is 4. The lowest BCUT2D eigenvalue weighted by Gasteiger charge is -2.32. The molecule has 8 nitrogen and oxygen atoms in total. The molecule has 0 aliphatic carbocycles. The minimum atomic E-state index is -0.549. The van der Waals surface area contributed by atoms with Crippen LogP contribution < -0.4 is 10.2 Å². The fourth-order valence-electron chi connectivity index (χ4n) is 3.87. The van der Waals surface area contributed by atoms with Crippen LogP contribution in [0.2, 0.25) is 0 Å². The Morgan fingerprint density at radius 1 is 1.24 bits per heavy atom. The number of nitrogens with zero attached hydrogens (tertiary/aromatic N) is 4. The van der Waals surface area contributed by atoms with Gasteiger partial charge in [-0.15, -0.1) is 5.10 Å². The lowest BCUT2D eigenvalue weighted by Crippen LogP contribution is -2.49. The number of aryl methyl sites for hydroxylation is 1. The second kappa shape index (κ2) is 7.55. The Bertz CT molecular complexity index is 955. The van der Waals surface area contributed by atoms with Gasteiger partial charge in [-0.2, -0.15) is 0 Å². The van der Waals surface area contributed by atoms with Crippen LogP contribution in [0.3, 0.4) is 0 Å². The summed E-state index contributed by atoms with van der Waals surface area (Å²) in [6.45, 7) is 6.36. The van der Waals surface area contributed by atoms with Crippen LogP contribution in [0.5, 0.6) is 0 Å². The molecule has 2 fully saturated rings. The molecular formula is C20H23N5O3S. The van der Waals surface area contributed by atoms with Crippen LogP contribution >= 0.6 is 11.5 Å². The highest BCUT2D eigenvalue weighted by atomic mass is 32.1. The molecule has 9 heteroatoms. The van der Waals surface area contributed by atoms with Gasteiger partial charge in [0.2, 0.25) is 0 Å². The van der Waals surface area contributed by atoms with Crippen LogP contribution in [0.1, 0.15) is 53.5 Å². The quantitative estimate of drug-likeness (QED) is 0.778. The molecule has 0 saturated carbocycles. The average Bonchev–Trinajstić information content (AvgIpc) is 3.23. The summed E-state index contributed by atoms with van der Waals surface area (Å²) in [6, 6.07) is 6.53. The highest BCUT2D eigenvalue weighted by Gasteiger charge is 2.48. The van der Waals surface area contributed by atoms with Gasteiger partial charge in [0.1, 0.15) is 10.9 Å². The Morgan fingerprint density at radius 2 is 1.97 bits per heavy atom. The third kappa shape index (κ3) is 3.50. The number of urea groups is 1. The lowest BCUT2D eigenvalue weighted by atomic mass is 9.97. The maximum absolute atomic E-state index is 13.0. The van der Waals surface area contributed by atoms with Crippen LogP contribution in [0.4, 0.5) is 10.5 Å². The number of imide groups is 1. The minimum Gasteiger partial charge on any atom is -0.348 e. The van der Waals surface area contributed by atoms with E-state index in [4.69, 9.17) is 0 Å². The van der Waals surface area contributed by atoms with E-state index in [0.717, 1.165) is 17.1 Å². The van der Waals surface area contributed by atoms with E-state index in [1.54, 1.807) is 11.8 Å². The number of rotatable bonds is 4. The molecule has 1 N–H and O–H groups in total. The molecule has 2 saturated heterocycles. The summed E-state index contributed by atoms with van der Waals surface area (Å²) >= 11 is 1.05. The van der Waals surface area contributed by atoms with Gasteiger partial charge in [-0.05, 0) is 54.9 Å². The topological polar surface area (TPSA) is 95.5 Å². The van der Waals surface area contributed by atoms with Crippen molar-refractivity contribution in [2.75, 3.05) is 11.4 Å². The van der Waals surface area contributed by atoms with Crippen molar-refractivity contribution in [1.29, 1.82) is 0 Å². The molecule has 4 rings (SSSR count). The van der Waals surface area contributed by atoms with Crippen LogP contribution in [0.25, 0.3) is 0 Å². The van der Waals surface area contributed by atoms with Crippen molar-refractivity contribution >= 4 is 35.1 Å². The average molecular weight is 414 g/mol. The van der Waals surface area contributed by atoms with Gasteiger partial charge in [0, 0.05) is 12.6 Å². The summed E-state index contributed by atoms with van der Waals surface area (Å²) in [5.41, 5.74) is 2.33. The number of piperidine rings is 1. The third-order valence-corrected chi connectivity index (χ3v) is 6.38. The zero-order chi connectivity index (χ0) is 20.7. The predicted molar refractivity (Wildman–Crippen MR) is 109 cm³/mol. The summed E-state index contributed by atoms with van der Waals surface area (Å²) in [5.74, 6) is -0.0853. The van der Waals surface area contributed by atoms with E-state index in [-0.39, 0.29) is 23.9 Å². The monoisotopic (exact) mass is 413 g/mol. The van der Waals surface area contributed by atoms with Crippen LogP contribution in [-0.4, -0.2) is 51.0 Å². The highest BCUT2D eigenvalue weighted by Crippen LogP contribution is 2.31. The fourth-order valence-corrected chi connectivity index (χ4v) is 4.43. The number of carbonyl (C=O) groups excluding carboxylic acids is 3. The molecule has 2 atom stereocenters. The predicted octanol–water partition coefficient (Wildman–Crippen LogP) is 2.70. The Morgan fingerprint density at radius 3 is 2.59 bits per heavy atom. The molecule has 2 aliphatic rings. The molecule has 0 radical (unpaired) electrons. The standard InChI is InChI=1S/C20H23N5O3S/c1-11(2)13-4-6-15(7-5-13)25-19(27)16-10-14(8-9-24(16)20(25)28)21-18(26)17-12(3)22-23-29-17/h4-7,11,14,16H,8-10H2,1-3H3,(H,21,26)/t14-,16+/m1/s1. The summed E-state index contributed by atoms with van der Waals surface area (Å²) in [7, 11) is 0. The van der Waals surface area contributed by atoms with Gasteiger partial charge in [0.05, 0.1) is 11.4 Å². The molecular weight excluding hydrogens is 390 g/mol. The number of hydrogen-bond donors (Lipinski definition) is 1. The molecule has 29 heavy (non-hydrogen) atoms. The molecule has 0 spiro atoms. The molecule has 2 aliphatic heterocycles. The van der Waals surface area contributed by atoms with E-state index in [0.29, 0.717) is 41.6 Å². The maximum atomic E-state index is 13.0. The van der Waals surface area contributed by atoms with Crippen molar-refractivity contribution < 1.29 is 14.4 Å². The number of fused-ring (bicyclic) bond motifs is 1. The molecule has 2 aromatic rings. The normalized spacial score (nSPS) is 21.7. The van der Waals surface area contributed by atoms with Crippen molar-refractivity contribution in [3.05, 3.63) is 40.4 Å². The zero-order valence-corrected chi connectivity index (χ0v) is 17.4. The first-order valence-electron chi connectivity index (χ1n) is 9.71. The van der Waals surface area contributed by atoms with E-state index in [1.165, 1.54) is 4.90 Å². The minimum absolute atomic E-state index is 0.176. The number of nitrogens with one attached hydrogen (secondary N) is 1. The maximum Gasteiger partial charge on any atom is 0.332 e. The van der Waals surface area contributed by atoms with Crippen molar-refractivity contribution in [3.63, 3.8) is 0 Å². The SMILES string of the molecule is Cc1nnsc1C(=O)N[C@@H]1CCN2C(=O)N(c3ccc(C(C)C)cc3)C(=O)[C@@H]2C1. The van der Waals surface area contributed by atoms with Crippen molar-refractivity contribution in [1.82, 2.24) is 19.8 Å². The fraction of sp³-hybridized carbons (Fsp3) is 0.450. The van der Waals surface area contributed by atoms with Crippen molar-refractivity contribution in [2.24, 2.45) is 0 Å². The van der Waals surface area contributed by atoms with E-state index < -0.39 is 6.04 Å². The van der Waals surface area contributed by atoms with Crippen molar-refractivity contribution in [3.8, 4) is 0 Å². The van der Waals surface area contributed by atoms with Gasteiger partial charge < -0.3 is 10.2 Å². The lowest BCUT2D eigenvalue weighted by molar-refractivity contribution is -0.120. The summed E-state index contributed by atoms with van der Waals surface area (Å²) in [5, 5.41) is 6.83. The molecule has 152 valence electrons. The number of carbonyl (C=O) groups is 3. The first-order chi connectivity index (χ1) is 13.9. The van der Waals surface area contributed by atoms with Crippen LogP contribution in [0.15, 0.2) is 24.3 Å². The number of hydrogen-bond acceptors (Lipinski definition) is 6. The molecule has 0 bridgehead atoms. The molecule has 3 heterocycles. The van der Waals surface area contributed by atoms with Gasteiger partial charge in [-0.25, -0.2) is 9.69 Å². The zero-order valence-electron chi connectivity index (χ0n) is 16.6. The Kier molecular flexibility index (Phi) is 5.08. The van der Waals surface area contributed by atoms with E-state index in [1.807, 2.05) is 24.3 Å². The van der Waals surface area contributed by atoms with Gasteiger partial charge in [0.25, 0.3) is 11.8 Å². The Labute approximate surface area is 173 Å². The van der Waals surface area contributed by atoms with Crippen molar-refractivity contribution in [2.45, 2.75) is 51.6 Å². The largest absolute Gasteiger partial charge is 0.348 e.